The number of hydrogen-bond acceptors (Lipinski definition) is 8. The molecule has 0 aromatic carbocycles. The number of hydrogen-bond donors (Lipinski definition) is 1. The third-order valence-electron chi connectivity index (χ3n) is 3.43. The Kier molecular flexibility index (Phi) is 3.61. The van der Waals surface area contributed by atoms with Gasteiger partial charge < -0.3 is 28.8 Å². The van der Waals surface area contributed by atoms with Gasteiger partial charge in [0.2, 0.25) is 6.29 Å². The molecule has 1 N–H and O–H groups in total. The minimum Gasteiger partial charge on any atom is -0.485 e. The summed E-state index contributed by atoms with van der Waals surface area (Å²) in [6, 6.07) is 0. The van der Waals surface area contributed by atoms with Crippen LogP contribution in [0.5, 0.6) is 23.0 Å². The second-order valence-electron chi connectivity index (χ2n) is 4.84. The monoisotopic (exact) mass is 342 g/mol. The fourth-order valence-electron chi connectivity index (χ4n) is 2.31. The lowest BCUT2D eigenvalue weighted by Gasteiger charge is -2.25. The molecule has 2 aliphatic rings. The molecule has 22 heavy (non-hydrogen) atoms. The molecule has 2 unspecified atom stereocenters. The van der Waals surface area contributed by atoms with Gasteiger partial charge in [-0.15, -0.1) is 22.7 Å². The first-order valence-corrected chi connectivity index (χ1v) is 8.52. The maximum atomic E-state index is 9.27. The normalized spacial score (nSPS) is 22.6. The van der Waals surface area contributed by atoms with E-state index in [-0.39, 0.29) is 12.7 Å². The van der Waals surface area contributed by atoms with E-state index in [1.165, 1.54) is 22.7 Å². The van der Waals surface area contributed by atoms with Gasteiger partial charge in [-0.2, -0.15) is 0 Å². The summed E-state index contributed by atoms with van der Waals surface area (Å²) in [6.07, 6.45) is -0.764. The number of fused-ring (bicyclic) bond motifs is 2. The van der Waals surface area contributed by atoms with Crippen LogP contribution in [0.15, 0.2) is 10.8 Å². The highest BCUT2D eigenvalue weighted by Crippen LogP contribution is 2.54. The summed E-state index contributed by atoms with van der Waals surface area (Å²) in [5.74, 6) is 2.74. The Bertz CT molecular complexity index is 621. The number of ether oxygens (including phenoxy) is 5. The molecule has 0 amide bonds. The zero-order valence-electron chi connectivity index (χ0n) is 11.7. The van der Waals surface area contributed by atoms with E-state index < -0.39 is 6.29 Å². The standard InChI is InChI=1S/C14H14O6S2/c1-16-10-4-18-9-6-22-14(12(9)20-10)13-11-8(5-21-13)17-3-7(2-15)19-11/h5-7,10,15H,2-4H2,1H3. The van der Waals surface area contributed by atoms with Gasteiger partial charge in [-0.05, 0) is 0 Å². The predicted molar refractivity (Wildman–Crippen MR) is 81.5 cm³/mol. The minimum atomic E-state index is -0.418. The summed E-state index contributed by atoms with van der Waals surface area (Å²) in [7, 11) is 1.58. The van der Waals surface area contributed by atoms with Crippen LogP contribution in [0.4, 0.5) is 0 Å². The van der Waals surface area contributed by atoms with Crippen molar-refractivity contribution < 1.29 is 28.8 Å². The molecule has 2 atom stereocenters. The molecule has 0 saturated carbocycles. The highest BCUT2D eigenvalue weighted by atomic mass is 32.1. The molecular formula is C14H14O6S2. The van der Waals surface area contributed by atoms with Crippen molar-refractivity contribution in [1.29, 1.82) is 0 Å². The first-order valence-electron chi connectivity index (χ1n) is 6.76. The molecule has 0 saturated heterocycles. The Morgan fingerprint density at radius 3 is 2.36 bits per heavy atom. The van der Waals surface area contributed by atoms with Gasteiger partial charge in [0.05, 0.1) is 16.4 Å². The fraction of sp³-hybridized carbons (Fsp3) is 0.429. The molecule has 0 fully saturated rings. The number of aliphatic hydroxyl groups excluding tert-OH is 1. The van der Waals surface area contributed by atoms with Gasteiger partial charge in [0, 0.05) is 17.9 Å². The van der Waals surface area contributed by atoms with Crippen molar-refractivity contribution in [2.24, 2.45) is 0 Å². The molecule has 2 aromatic rings. The highest BCUT2D eigenvalue weighted by Gasteiger charge is 2.31. The van der Waals surface area contributed by atoms with Gasteiger partial charge in [0.25, 0.3) is 0 Å². The number of aliphatic hydroxyl groups is 1. The van der Waals surface area contributed by atoms with Crippen LogP contribution >= 0.6 is 22.7 Å². The second kappa shape index (κ2) is 5.62. The van der Waals surface area contributed by atoms with Crippen molar-refractivity contribution >= 4 is 22.7 Å². The Balaban J connectivity index is 1.72. The number of rotatable bonds is 3. The van der Waals surface area contributed by atoms with E-state index >= 15 is 0 Å². The number of methoxy groups -OCH3 is 1. The zero-order valence-corrected chi connectivity index (χ0v) is 13.4. The summed E-state index contributed by atoms with van der Waals surface area (Å²) < 4.78 is 28.2. The molecule has 2 aliphatic heterocycles. The third-order valence-corrected chi connectivity index (χ3v) is 5.48. The molecule has 6 nitrogen and oxygen atoms in total. The SMILES string of the molecule is COC1COc2csc(-c3scc4c3OC(CO)CO4)c2O1. The molecule has 0 spiro atoms. The topological polar surface area (TPSA) is 66.4 Å². The first kappa shape index (κ1) is 14.1. The molecule has 0 radical (unpaired) electrons. The maximum Gasteiger partial charge on any atom is 0.234 e. The van der Waals surface area contributed by atoms with Crippen molar-refractivity contribution in [3.05, 3.63) is 10.8 Å². The molecule has 0 bridgehead atoms. The van der Waals surface area contributed by atoms with Crippen LogP contribution in [0, 0.1) is 0 Å². The minimum absolute atomic E-state index is 0.0807. The van der Waals surface area contributed by atoms with Crippen LogP contribution in [-0.2, 0) is 4.74 Å². The summed E-state index contributed by atoms with van der Waals surface area (Å²) in [5, 5.41) is 13.1. The lowest BCUT2D eigenvalue weighted by atomic mass is 10.2. The Hall–Kier alpha value is -1.48. The first-order chi connectivity index (χ1) is 10.8. The van der Waals surface area contributed by atoms with E-state index in [0.29, 0.717) is 36.2 Å². The predicted octanol–water partition coefficient (Wildman–Crippen LogP) is 2.35. The molecular weight excluding hydrogens is 328 g/mol. The maximum absolute atomic E-state index is 9.27. The van der Waals surface area contributed by atoms with Gasteiger partial charge in [-0.25, -0.2) is 0 Å². The van der Waals surface area contributed by atoms with Gasteiger partial charge in [0.1, 0.15) is 6.61 Å². The van der Waals surface area contributed by atoms with Crippen LogP contribution in [-0.4, -0.2) is 44.4 Å². The van der Waals surface area contributed by atoms with Crippen LogP contribution in [0.3, 0.4) is 0 Å². The Labute approximate surface area is 134 Å². The van der Waals surface area contributed by atoms with Crippen LogP contribution in [0.2, 0.25) is 0 Å². The van der Waals surface area contributed by atoms with E-state index in [0.717, 1.165) is 9.75 Å². The van der Waals surface area contributed by atoms with Gasteiger partial charge in [-0.1, -0.05) is 0 Å². The van der Waals surface area contributed by atoms with Gasteiger partial charge in [-0.3, -0.25) is 0 Å². The summed E-state index contributed by atoms with van der Waals surface area (Å²) >= 11 is 3.04. The molecule has 8 heteroatoms. The van der Waals surface area contributed by atoms with E-state index in [4.69, 9.17) is 23.7 Å². The van der Waals surface area contributed by atoms with Crippen molar-refractivity contribution in [3.8, 4) is 32.8 Å². The average Bonchev–Trinajstić information content (AvgIpc) is 3.16. The van der Waals surface area contributed by atoms with Crippen LogP contribution in [0.1, 0.15) is 0 Å². The molecule has 0 aliphatic carbocycles. The fourth-order valence-corrected chi connectivity index (χ4v) is 4.31. The summed E-state index contributed by atoms with van der Waals surface area (Å²) in [4.78, 5) is 1.84. The van der Waals surface area contributed by atoms with Crippen molar-refractivity contribution in [2.45, 2.75) is 12.4 Å². The number of thiophene rings is 2. The van der Waals surface area contributed by atoms with E-state index in [1.54, 1.807) is 7.11 Å². The molecule has 4 heterocycles. The quantitative estimate of drug-likeness (QED) is 0.924. The summed E-state index contributed by atoms with van der Waals surface area (Å²) in [5.41, 5.74) is 0. The van der Waals surface area contributed by atoms with Crippen molar-refractivity contribution in [1.82, 2.24) is 0 Å². The Morgan fingerprint density at radius 1 is 1.09 bits per heavy atom. The average molecular weight is 342 g/mol. The Morgan fingerprint density at radius 2 is 1.73 bits per heavy atom. The smallest absolute Gasteiger partial charge is 0.234 e. The van der Waals surface area contributed by atoms with Crippen molar-refractivity contribution in [3.63, 3.8) is 0 Å². The van der Waals surface area contributed by atoms with E-state index in [1.807, 2.05) is 10.8 Å². The summed E-state index contributed by atoms with van der Waals surface area (Å²) in [6.45, 7) is 0.643. The molecule has 2 aromatic heterocycles. The van der Waals surface area contributed by atoms with E-state index in [2.05, 4.69) is 0 Å². The second-order valence-corrected chi connectivity index (χ2v) is 6.60. The van der Waals surface area contributed by atoms with Gasteiger partial charge in [0.15, 0.2) is 35.7 Å². The lowest BCUT2D eigenvalue weighted by molar-refractivity contribution is -0.0934. The molecule has 118 valence electrons. The highest BCUT2D eigenvalue weighted by molar-refractivity contribution is 7.21. The lowest BCUT2D eigenvalue weighted by Crippen LogP contribution is -2.32. The van der Waals surface area contributed by atoms with Crippen molar-refractivity contribution in [2.75, 3.05) is 26.9 Å². The van der Waals surface area contributed by atoms with E-state index in [9.17, 15) is 5.11 Å². The third kappa shape index (κ3) is 2.23. The zero-order chi connectivity index (χ0) is 15.1. The van der Waals surface area contributed by atoms with Gasteiger partial charge >= 0.3 is 0 Å². The van der Waals surface area contributed by atoms with Crippen LogP contribution < -0.4 is 18.9 Å². The molecule has 4 rings (SSSR count). The van der Waals surface area contributed by atoms with Crippen LogP contribution in [0.25, 0.3) is 9.75 Å². The largest absolute Gasteiger partial charge is 0.485 e.